The number of hydrogen-bond donors (Lipinski definition) is 1. The Morgan fingerprint density at radius 2 is 2.00 bits per heavy atom. The molecule has 0 fully saturated rings. The van der Waals surface area contributed by atoms with Gasteiger partial charge in [-0.05, 0) is 50.3 Å². The van der Waals surface area contributed by atoms with Crippen LogP contribution < -0.4 is 5.32 Å². The highest BCUT2D eigenvalue weighted by atomic mass is 35.5. The molecule has 2 aromatic rings. The summed E-state index contributed by atoms with van der Waals surface area (Å²) < 4.78 is 10.3. The van der Waals surface area contributed by atoms with E-state index in [1.54, 1.807) is 31.2 Å². The number of amides is 1. The van der Waals surface area contributed by atoms with E-state index in [0.29, 0.717) is 21.5 Å². The van der Waals surface area contributed by atoms with Crippen LogP contribution in [0.25, 0.3) is 6.08 Å². The van der Waals surface area contributed by atoms with E-state index in [4.69, 9.17) is 32.4 Å². The normalized spacial score (nSPS) is 12.2. The lowest BCUT2D eigenvalue weighted by Gasteiger charge is -2.13. The third-order valence-corrected chi connectivity index (χ3v) is 3.56. The van der Waals surface area contributed by atoms with Crippen molar-refractivity contribution in [3.8, 4) is 0 Å². The zero-order valence-electron chi connectivity index (χ0n) is 13.0. The minimum absolute atomic E-state index is 0.333. The molecular formula is C17H15Cl2NO4. The fourth-order valence-corrected chi connectivity index (χ4v) is 2.12. The summed E-state index contributed by atoms with van der Waals surface area (Å²) in [4.78, 5) is 23.8. The van der Waals surface area contributed by atoms with Crippen LogP contribution in [0.1, 0.15) is 18.4 Å². The summed E-state index contributed by atoms with van der Waals surface area (Å²) in [6.45, 7) is 3.25. The Balaban J connectivity index is 1.92. The summed E-state index contributed by atoms with van der Waals surface area (Å²) >= 11 is 11.8. The van der Waals surface area contributed by atoms with Gasteiger partial charge in [-0.3, -0.25) is 4.79 Å². The first-order valence-electron chi connectivity index (χ1n) is 7.06. The number of carbonyl (C=O) groups excluding carboxylic acids is 2. The summed E-state index contributed by atoms with van der Waals surface area (Å²) in [6.07, 6.45) is 1.65. The van der Waals surface area contributed by atoms with E-state index in [0.717, 1.165) is 5.76 Å². The fourth-order valence-electron chi connectivity index (χ4n) is 1.79. The van der Waals surface area contributed by atoms with E-state index in [1.165, 1.54) is 25.1 Å². The van der Waals surface area contributed by atoms with Crippen LogP contribution in [0.3, 0.4) is 0 Å². The van der Waals surface area contributed by atoms with Gasteiger partial charge in [0.1, 0.15) is 11.5 Å². The number of nitrogens with one attached hydrogen (secondary N) is 1. The maximum absolute atomic E-state index is 12.1. The molecule has 1 amide bonds. The highest BCUT2D eigenvalue weighted by Gasteiger charge is 2.18. The standard InChI is InChI=1S/C17H15Cl2NO4/c1-10-3-5-13(23-10)6-8-16(21)24-11(2)17(22)20-15-9-12(18)4-7-14(15)19/h3-9,11H,1-2H3,(H,20,22). The smallest absolute Gasteiger partial charge is 0.331 e. The molecule has 2 rings (SSSR count). The number of anilines is 1. The van der Waals surface area contributed by atoms with Gasteiger partial charge in [-0.2, -0.15) is 0 Å². The van der Waals surface area contributed by atoms with Gasteiger partial charge in [-0.1, -0.05) is 23.2 Å². The quantitative estimate of drug-likeness (QED) is 0.624. The molecule has 7 heteroatoms. The van der Waals surface area contributed by atoms with Crippen LogP contribution in [-0.2, 0) is 14.3 Å². The predicted molar refractivity (Wildman–Crippen MR) is 93.1 cm³/mol. The van der Waals surface area contributed by atoms with Crippen LogP contribution in [0.4, 0.5) is 5.69 Å². The molecule has 1 N–H and O–H groups in total. The van der Waals surface area contributed by atoms with Gasteiger partial charge in [0.25, 0.3) is 5.91 Å². The predicted octanol–water partition coefficient (Wildman–Crippen LogP) is 4.48. The van der Waals surface area contributed by atoms with Crippen molar-refractivity contribution in [2.45, 2.75) is 20.0 Å². The minimum atomic E-state index is -1.00. The molecule has 0 saturated carbocycles. The number of rotatable bonds is 5. The molecule has 1 atom stereocenters. The fraction of sp³-hybridized carbons (Fsp3) is 0.176. The van der Waals surface area contributed by atoms with Crippen molar-refractivity contribution in [1.29, 1.82) is 0 Å². The summed E-state index contributed by atoms with van der Waals surface area (Å²) in [5.41, 5.74) is 0.346. The van der Waals surface area contributed by atoms with Crippen molar-refractivity contribution in [3.05, 3.63) is 58.0 Å². The monoisotopic (exact) mass is 367 g/mol. The molecule has 0 saturated heterocycles. The van der Waals surface area contributed by atoms with Gasteiger partial charge in [-0.15, -0.1) is 0 Å². The van der Waals surface area contributed by atoms with E-state index >= 15 is 0 Å². The number of esters is 1. The Morgan fingerprint density at radius 1 is 1.25 bits per heavy atom. The first-order chi connectivity index (χ1) is 11.3. The first-order valence-corrected chi connectivity index (χ1v) is 7.82. The lowest BCUT2D eigenvalue weighted by Crippen LogP contribution is -2.29. The Bertz CT molecular complexity index is 783. The Kier molecular flexibility index (Phi) is 6.06. The van der Waals surface area contributed by atoms with Gasteiger partial charge in [0.2, 0.25) is 0 Å². The van der Waals surface area contributed by atoms with Crippen LogP contribution >= 0.6 is 23.2 Å². The largest absolute Gasteiger partial charge is 0.462 e. The molecule has 5 nitrogen and oxygen atoms in total. The second-order valence-corrected chi connectivity index (χ2v) is 5.82. The summed E-state index contributed by atoms with van der Waals surface area (Å²) in [5, 5.41) is 3.32. The average Bonchev–Trinajstić information content (AvgIpc) is 2.94. The minimum Gasteiger partial charge on any atom is -0.462 e. The molecule has 126 valence electrons. The Morgan fingerprint density at radius 3 is 2.67 bits per heavy atom. The van der Waals surface area contributed by atoms with Gasteiger partial charge in [-0.25, -0.2) is 4.79 Å². The highest BCUT2D eigenvalue weighted by Crippen LogP contribution is 2.25. The molecule has 0 aliphatic carbocycles. The molecule has 0 bridgehead atoms. The van der Waals surface area contributed by atoms with Gasteiger partial charge in [0, 0.05) is 11.1 Å². The van der Waals surface area contributed by atoms with E-state index in [1.807, 2.05) is 0 Å². The van der Waals surface area contributed by atoms with Crippen LogP contribution in [0, 0.1) is 6.92 Å². The molecule has 1 aromatic heterocycles. The number of benzene rings is 1. The van der Waals surface area contributed by atoms with Crippen molar-refractivity contribution in [2.75, 3.05) is 5.32 Å². The van der Waals surface area contributed by atoms with Crippen LogP contribution in [0.15, 0.2) is 40.8 Å². The lowest BCUT2D eigenvalue weighted by atomic mass is 10.3. The number of furan rings is 1. The van der Waals surface area contributed by atoms with Gasteiger partial charge < -0.3 is 14.5 Å². The highest BCUT2D eigenvalue weighted by molar-refractivity contribution is 6.35. The molecule has 1 aromatic carbocycles. The zero-order valence-corrected chi connectivity index (χ0v) is 14.5. The van der Waals surface area contributed by atoms with Crippen molar-refractivity contribution < 1.29 is 18.7 Å². The number of carbonyl (C=O) groups is 2. The van der Waals surface area contributed by atoms with Gasteiger partial charge in [0.15, 0.2) is 6.10 Å². The third-order valence-electron chi connectivity index (χ3n) is 2.99. The van der Waals surface area contributed by atoms with E-state index in [2.05, 4.69) is 5.32 Å². The second-order valence-electron chi connectivity index (χ2n) is 4.97. The maximum atomic E-state index is 12.1. The molecule has 0 radical (unpaired) electrons. The number of aryl methyl sites for hydroxylation is 1. The number of halogens is 2. The maximum Gasteiger partial charge on any atom is 0.331 e. The van der Waals surface area contributed by atoms with Crippen LogP contribution in [-0.4, -0.2) is 18.0 Å². The van der Waals surface area contributed by atoms with Crippen LogP contribution in [0.2, 0.25) is 10.0 Å². The molecule has 24 heavy (non-hydrogen) atoms. The van der Waals surface area contributed by atoms with Crippen molar-refractivity contribution >= 4 is 46.8 Å². The zero-order chi connectivity index (χ0) is 17.7. The average molecular weight is 368 g/mol. The Hall–Kier alpha value is -2.24. The number of ether oxygens (including phenoxy) is 1. The first kappa shape index (κ1) is 18.1. The molecule has 1 unspecified atom stereocenters. The summed E-state index contributed by atoms with van der Waals surface area (Å²) in [7, 11) is 0. The molecule has 0 aliphatic rings. The van der Waals surface area contributed by atoms with Gasteiger partial charge >= 0.3 is 5.97 Å². The van der Waals surface area contributed by atoms with Crippen molar-refractivity contribution in [3.63, 3.8) is 0 Å². The van der Waals surface area contributed by atoms with Gasteiger partial charge in [0.05, 0.1) is 10.7 Å². The topological polar surface area (TPSA) is 68.5 Å². The van der Waals surface area contributed by atoms with Crippen molar-refractivity contribution in [2.24, 2.45) is 0 Å². The Labute approximate surface area is 149 Å². The van der Waals surface area contributed by atoms with E-state index in [9.17, 15) is 9.59 Å². The lowest BCUT2D eigenvalue weighted by molar-refractivity contribution is -0.148. The third kappa shape index (κ3) is 5.15. The van der Waals surface area contributed by atoms with E-state index in [-0.39, 0.29) is 0 Å². The SMILES string of the molecule is Cc1ccc(C=CC(=O)OC(C)C(=O)Nc2cc(Cl)ccc2Cl)o1. The van der Waals surface area contributed by atoms with Crippen molar-refractivity contribution in [1.82, 2.24) is 0 Å². The number of hydrogen-bond acceptors (Lipinski definition) is 4. The van der Waals surface area contributed by atoms with Crippen LogP contribution in [0.5, 0.6) is 0 Å². The molecule has 1 heterocycles. The molecular weight excluding hydrogens is 353 g/mol. The van der Waals surface area contributed by atoms with E-state index < -0.39 is 18.0 Å². The second kappa shape index (κ2) is 8.04. The molecule has 0 spiro atoms. The summed E-state index contributed by atoms with van der Waals surface area (Å²) in [5.74, 6) is 0.0695. The molecule has 0 aliphatic heterocycles. The summed E-state index contributed by atoms with van der Waals surface area (Å²) in [6, 6.07) is 8.16.